The number of rotatable bonds is 4. The Balaban J connectivity index is 2.20. The van der Waals surface area contributed by atoms with Gasteiger partial charge in [0.05, 0.1) is 13.7 Å². The van der Waals surface area contributed by atoms with Gasteiger partial charge in [0, 0.05) is 12.1 Å². The van der Waals surface area contributed by atoms with Crippen LogP contribution < -0.4 is 10.1 Å². The van der Waals surface area contributed by atoms with E-state index in [0.29, 0.717) is 6.04 Å². The van der Waals surface area contributed by atoms with Crippen LogP contribution in [0.15, 0.2) is 18.2 Å². The van der Waals surface area contributed by atoms with Crippen molar-refractivity contribution in [3.8, 4) is 5.75 Å². The molecule has 16 heavy (non-hydrogen) atoms. The summed E-state index contributed by atoms with van der Waals surface area (Å²) in [6.45, 7) is 2.17. The largest absolute Gasteiger partial charge is 0.496 e. The molecule has 0 heterocycles. The van der Waals surface area contributed by atoms with Gasteiger partial charge in [-0.2, -0.15) is 0 Å². The second-order valence-corrected chi connectivity index (χ2v) is 4.37. The highest BCUT2D eigenvalue weighted by atomic mass is 16.5. The van der Waals surface area contributed by atoms with Gasteiger partial charge in [0.15, 0.2) is 0 Å². The minimum absolute atomic E-state index is 0.141. The lowest BCUT2D eigenvalue weighted by Crippen LogP contribution is -2.32. The second kappa shape index (κ2) is 4.85. The lowest BCUT2D eigenvalue weighted by molar-refractivity contribution is 0.240. The van der Waals surface area contributed by atoms with E-state index in [1.54, 1.807) is 7.11 Å². The summed E-state index contributed by atoms with van der Waals surface area (Å²) in [6, 6.07) is 6.68. The molecule has 88 valence electrons. The van der Waals surface area contributed by atoms with Crippen molar-refractivity contribution in [1.82, 2.24) is 5.32 Å². The van der Waals surface area contributed by atoms with Crippen molar-refractivity contribution >= 4 is 0 Å². The number of hydrogen-bond donors (Lipinski definition) is 2. The van der Waals surface area contributed by atoms with Gasteiger partial charge in [0.1, 0.15) is 5.75 Å². The summed E-state index contributed by atoms with van der Waals surface area (Å²) in [5.41, 5.74) is 2.63. The van der Waals surface area contributed by atoms with Crippen molar-refractivity contribution in [3.63, 3.8) is 0 Å². The smallest absolute Gasteiger partial charge is 0.122 e. The van der Waals surface area contributed by atoms with Crippen LogP contribution >= 0.6 is 0 Å². The lowest BCUT2D eigenvalue weighted by atomic mass is 10.1. The first-order valence-electron chi connectivity index (χ1n) is 5.79. The summed E-state index contributed by atoms with van der Waals surface area (Å²) in [5, 5.41) is 12.5. The van der Waals surface area contributed by atoms with Crippen LogP contribution in [0.5, 0.6) is 5.75 Å². The summed E-state index contributed by atoms with van der Waals surface area (Å²) in [5.74, 6) is 0.985. The van der Waals surface area contributed by atoms with E-state index in [1.165, 1.54) is 11.1 Å². The first-order chi connectivity index (χ1) is 7.76. The summed E-state index contributed by atoms with van der Waals surface area (Å²) >= 11 is 0. The van der Waals surface area contributed by atoms with Gasteiger partial charge in [-0.05, 0) is 37.0 Å². The van der Waals surface area contributed by atoms with Gasteiger partial charge < -0.3 is 15.2 Å². The number of aliphatic hydroxyl groups is 1. The number of methoxy groups -OCH3 is 1. The van der Waals surface area contributed by atoms with Crippen molar-refractivity contribution < 1.29 is 9.84 Å². The van der Waals surface area contributed by atoms with Crippen LogP contribution in [0.3, 0.4) is 0 Å². The first kappa shape index (κ1) is 11.4. The fourth-order valence-corrected chi connectivity index (χ4v) is 2.38. The molecule has 1 unspecified atom stereocenters. The molecule has 1 aliphatic carbocycles. The highest BCUT2D eigenvalue weighted by molar-refractivity contribution is 5.45. The number of ether oxygens (including phenoxy) is 1. The van der Waals surface area contributed by atoms with Gasteiger partial charge in [-0.1, -0.05) is 12.1 Å². The van der Waals surface area contributed by atoms with Gasteiger partial charge in [-0.3, -0.25) is 0 Å². The summed E-state index contributed by atoms with van der Waals surface area (Å²) < 4.78 is 5.36. The molecule has 0 aliphatic heterocycles. The quantitative estimate of drug-likeness (QED) is 0.812. The van der Waals surface area contributed by atoms with E-state index < -0.39 is 0 Å². The van der Waals surface area contributed by atoms with Crippen molar-refractivity contribution in [2.24, 2.45) is 0 Å². The minimum atomic E-state index is 0.141. The topological polar surface area (TPSA) is 41.5 Å². The molecule has 0 aromatic heterocycles. The Morgan fingerprint density at radius 3 is 3.06 bits per heavy atom. The Morgan fingerprint density at radius 2 is 2.38 bits per heavy atom. The maximum absolute atomic E-state index is 9.06. The Kier molecular flexibility index (Phi) is 3.46. The van der Waals surface area contributed by atoms with Crippen molar-refractivity contribution in [1.29, 1.82) is 0 Å². The standard InChI is InChI=1S/C13H19NO2/c1-9(8-15)14-12-7-6-11-10(12)4-3-5-13(11)16-2/h3-5,9,12,14-15H,6-8H2,1-2H3/t9-,12?/m0/s1. The third kappa shape index (κ3) is 2.06. The van der Waals surface area contributed by atoms with Crippen LogP contribution in [0, 0.1) is 0 Å². The van der Waals surface area contributed by atoms with Crippen LogP contribution in [-0.4, -0.2) is 24.9 Å². The van der Waals surface area contributed by atoms with Crippen molar-refractivity contribution in [2.75, 3.05) is 13.7 Å². The molecule has 1 aromatic rings. The summed E-state index contributed by atoms with van der Waals surface area (Å²) in [4.78, 5) is 0. The van der Waals surface area contributed by atoms with E-state index in [1.807, 2.05) is 19.1 Å². The number of benzene rings is 1. The molecule has 3 nitrogen and oxygen atoms in total. The first-order valence-corrected chi connectivity index (χ1v) is 5.79. The fourth-order valence-electron chi connectivity index (χ4n) is 2.38. The van der Waals surface area contributed by atoms with Gasteiger partial charge in [-0.15, -0.1) is 0 Å². The van der Waals surface area contributed by atoms with Crippen molar-refractivity contribution in [3.05, 3.63) is 29.3 Å². The highest BCUT2D eigenvalue weighted by Crippen LogP contribution is 2.36. The Morgan fingerprint density at radius 1 is 1.56 bits per heavy atom. The average molecular weight is 221 g/mol. The van der Waals surface area contributed by atoms with Crippen LogP contribution in [-0.2, 0) is 6.42 Å². The number of fused-ring (bicyclic) bond motifs is 1. The molecule has 1 aliphatic rings. The summed E-state index contributed by atoms with van der Waals surface area (Å²) in [7, 11) is 1.71. The molecule has 0 fully saturated rings. The van der Waals surface area contributed by atoms with Crippen LogP contribution in [0.4, 0.5) is 0 Å². The normalized spacial score (nSPS) is 20.6. The Labute approximate surface area is 96.4 Å². The Hall–Kier alpha value is -1.06. The molecule has 0 saturated carbocycles. The van der Waals surface area contributed by atoms with Gasteiger partial charge in [-0.25, -0.2) is 0 Å². The fraction of sp³-hybridized carbons (Fsp3) is 0.538. The van der Waals surface area contributed by atoms with E-state index in [9.17, 15) is 0 Å². The van der Waals surface area contributed by atoms with E-state index in [0.717, 1.165) is 18.6 Å². The van der Waals surface area contributed by atoms with Crippen LogP contribution in [0.2, 0.25) is 0 Å². The zero-order valence-corrected chi connectivity index (χ0v) is 9.86. The SMILES string of the molecule is COc1cccc2c1CCC2N[C@@H](C)CO. The Bertz CT molecular complexity index is 365. The molecule has 2 N–H and O–H groups in total. The molecule has 1 aromatic carbocycles. The van der Waals surface area contributed by atoms with Gasteiger partial charge in [0.25, 0.3) is 0 Å². The molecule has 0 spiro atoms. The zero-order chi connectivity index (χ0) is 11.5. The van der Waals surface area contributed by atoms with E-state index >= 15 is 0 Å². The molecule has 0 amide bonds. The molecule has 3 heteroatoms. The monoisotopic (exact) mass is 221 g/mol. The number of aliphatic hydroxyl groups excluding tert-OH is 1. The highest BCUT2D eigenvalue weighted by Gasteiger charge is 2.25. The van der Waals surface area contributed by atoms with Gasteiger partial charge in [0.2, 0.25) is 0 Å². The molecular weight excluding hydrogens is 202 g/mol. The lowest BCUT2D eigenvalue weighted by Gasteiger charge is -2.18. The number of nitrogens with one attached hydrogen (secondary N) is 1. The third-order valence-corrected chi connectivity index (χ3v) is 3.21. The van der Waals surface area contributed by atoms with Gasteiger partial charge >= 0.3 is 0 Å². The minimum Gasteiger partial charge on any atom is -0.496 e. The maximum atomic E-state index is 9.06. The molecule has 0 radical (unpaired) electrons. The van der Waals surface area contributed by atoms with E-state index in [2.05, 4.69) is 11.4 Å². The van der Waals surface area contributed by atoms with Crippen molar-refractivity contribution in [2.45, 2.75) is 31.8 Å². The van der Waals surface area contributed by atoms with E-state index in [-0.39, 0.29) is 12.6 Å². The molecule has 2 atom stereocenters. The summed E-state index contributed by atoms with van der Waals surface area (Å²) in [6.07, 6.45) is 2.13. The molecule has 0 bridgehead atoms. The van der Waals surface area contributed by atoms with Crippen LogP contribution in [0.25, 0.3) is 0 Å². The number of hydrogen-bond acceptors (Lipinski definition) is 3. The average Bonchev–Trinajstić information content (AvgIpc) is 2.72. The van der Waals surface area contributed by atoms with Crippen LogP contribution in [0.1, 0.15) is 30.5 Å². The van der Waals surface area contributed by atoms with E-state index in [4.69, 9.17) is 9.84 Å². The predicted octanol–water partition coefficient (Wildman–Crippen LogP) is 1.65. The molecular formula is C13H19NO2. The predicted molar refractivity (Wildman–Crippen MR) is 63.7 cm³/mol. The third-order valence-electron chi connectivity index (χ3n) is 3.21. The second-order valence-electron chi connectivity index (χ2n) is 4.37. The maximum Gasteiger partial charge on any atom is 0.122 e. The molecule has 0 saturated heterocycles. The zero-order valence-electron chi connectivity index (χ0n) is 9.86. The molecule has 2 rings (SSSR count).